The van der Waals surface area contributed by atoms with E-state index in [9.17, 15) is 4.79 Å². The average Bonchev–Trinajstić information content (AvgIpc) is 2.84. The summed E-state index contributed by atoms with van der Waals surface area (Å²) in [7, 11) is 0. The molecule has 0 aromatic carbocycles. The van der Waals surface area contributed by atoms with Crippen molar-refractivity contribution in [2.45, 2.75) is 31.7 Å². The fraction of sp³-hybridized carbons (Fsp3) is 0.467. The average molecular weight is 391 g/mol. The van der Waals surface area contributed by atoms with Crippen molar-refractivity contribution in [1.29, 1.82) is 0 Å². The predicted molar refractivity (Wildman–Crippen MR) is 94.0 cm³/mol. The minimum atomic E-state index is -0.329. The van der Waals surface area contributed by atoms with Crippen LogP contribution in [0.2, 0.25) is 0 Å². The number of carbonyl (C=O) groups excluding carboxylic acids is 1. The molecular weight excluding hydrogens is 370 g/mol. The lowest BCUT2D eigenvalue weighted by Crippen LogP contribution is -2.44. The van der Waals surface area contributed by atoms with Crippen LogP contribution in [0.15, 0.2) is 39.6 Å². The molecule has 1 rings (SSSR count). The number of ether oxygens (including phenoxy) is 1. The van der Waals surface area contributed by atoms with Crippen molar-refractivity contribution in [3.63, 3.8) is 0 Å². The zero-order chi connectivity index (χ0) is 16.7. The van der Waals surface area contributed by atoms with Crippen LogP contribution in [-0.2, 0) is 9.53 Å². The second-order valence-corrected chi connectivity index (χ2v) is 6.17. The van der Waals surface area contributed by atoms with E-state index in [2.05, 4.69) is 39.6 Å². The molecule has 0 aromatic heterocycles. The van der Waals surface area contributed by atoms with Crippen LogP contribution in [-0.4, -0.2) is 42.3 Å². The van der Waals surface area contributed by atoms with Gasteiger partial charge in [-0.25, -0.2) is 10.2 Å². The summed E-state index contributed by atoms with van der Waals surface area (Å²) < 4.78 is 5.70. The van der Waals surface area contributed by atoms with Gasteiger partial charge in [0.2, 0.25) is 0 Å². The topological polar surface area (TPSA) is 53.9 Å². The smallest absolute Gasteiger partial charge is 0.338 e. The van der Waals surface area contributed by atoms with Crippen molar-refractivity contribution < 1.29 is 9.53 Å². The van der Waals surface area contributed by atoms with Gasteiger partial charge in [-0.05, 0) is 49.0 Å². The highest BCUT2D eigenvalue weighted by Gasteiger charge is 2.32. The number of rotatable bonds is 8. The molecule has 1 heterocycles. The summed E-state index contributed by atoms with van der Waals surface area (Å²) in [6.45, 7) is 11.6. The molecule has 0 saturated carbocycles. The second kappa shape index (κ2) is 9.12. The Kier molecular flexibility index (Phi) is 7.85. The lowest BCUT2D eigenvalue weighted by molar-refractivity contribution is -0.138. The zero-order valence-corrected chi connectivity index (χ0v) is 15.2. The van der Waals surface area contributed by atoms with E-state index in [0.717, 1.165) is 0 Å². The van der Waals surface area contributed by atoms with Crippen molar-refractivity contribution >= 4 is 40.2 Å². The maximum atomic E-state index is 11.9. The highest BCUT2D eigenvalue weighted by Crippen LogP contribution is 2.28. The van der Waals surface area contributed by atoms with Crippen LogP contribution in [0.4, 0.5) is 0 Å². The first-order valence-corrected chi connectivity index (χ1v) is 8.20. The maximum Gasteiger partial charge on any atom is 0.338 e. The molecule has 0 bridgehead atoms. The van der Waals surface area contributed by atoms with E-state index < -0.39 is 0 Å². The molecule has 1 aliphatic heterocycles. The van der Waals surface area contributed by atoms with Gasteiger partial charge in [-0.1, -0.05) is 12.7 Å². The molecular formula is C15H21BrClN3O2. The number of hydrogen-bond donors (Lipinski definition) is 1. The number of nitrogens with one attached hydrogen (secondary N) is 1. The summed E-state index contributed by atoms with van der Waals surface area (Å²) in [4.78, 5) is 15.6. The molecule has 2 atom stereocenters. The molecule has 1 N–H and O–H groups in total. The third kappa shape index (κ3) is 4.97. The molecule has 1 aliphatic rings. The van der Waals surface area contributed by atoms with E-state index >= 15 is 0 Å². The van der Waals surface area contributed by atoms with Crippen molar-refractivity contribution in [3.05, 3.63) is 34.6 Å². The molecule has 22 heavy (non-hydrogen) atoms. The van der Waals surface area contributed by atoms with Gasteiger partial charge in [0.25, 0.3) is 0 Å². The zero-order valence-electron chi connectivity index (χ0n) is 12.8. The standard InChI is InChI=1S/C15H21BrClN3O2/c1-5-22-15(21)12-9-19-20(14(12)16)13(11(3)17)8-6-7-10(2)18-4/h6-7,11,13,19H,2,4-5,8-9H2,1,3H3/b7-6-/t11?,13-/m1/s1. The fourth-order valence-corrected chi connectivity index (χ4v) is 2.89. The minimum absolute atomic E-state index is 0.0446. The number of esters is 1. The van der Waals surface area contributed by atoms with Crippen molar-refractivity contribution in [2.24, 2.45) is 4.99 Å². The van der Waals surface area contributed by atoms with Crippen LogP contribution in [0.3, 0.4) is 0 Å². The molecule has 0 aliphatic carbocycles. The van der Waals surface area contributed by atoms with Gasteiger partial charge in [-0.15, -0.1) is 11.6 Å². The van der Waals surface area contributed by atoms with Gasteiger partial charge in [-0.2, -0.15) is 0 Å². The van der Waals surface area contributed by atoms with E-state index in [1.54, 1.807) is 13.0 Å². The lowest BCUT2D eigenvalue weighted by atomic mass is 10.1. The SMILES string of the molecule is C=NC(=C)/C=C\C[C@H](C(C)Cl)N1NCC(C(=O)OCC)=C1Br. The first-order chi connectivity index (χ1) is 10.4. The Labute approximate surface area is 144 Å². The van der Waals surface area contributed by atoms with Gasteiger partial charge in [0.05, 0.1) is 29.3 Å². The third-order valence-corrected chi connectivity index (χ3v) is 4.31. The molecule has 0 fully saturated rings. The van der Waals surface area contributed by atoms with Gasteiger partial charge in [0, 0.05) is 6.54 Å². The Balaban J connectivity index is 2.85. The summed E-state index contributed by atoms with van der Waals surface area (Å²) in [6.07, 6.45) is 4.39. The molecule has 0 amide bonds. The van der Waals surface area contributed by atoms with Gasteiger partial charge in [0.1, 0.15) is 4.61 Å². The third-order valence-electron chi connectivity index (χ3n) is 3.16. The highest BCUT2D eigenvalue weighted by atomic mass is 79.9. The first kappa shape index (κ1) is 18.9. The lowest BCUT2D eigenvalue weighted by Gasteiger charge is -2.31. The summed E-state index contributed by atoms with van der Waals surface area (Å²) in [5.41, 5.74) is 4.32. The number of aliphatic imine (C=N–C) groups is 1. The van der Waals surface area contributed by atoms with Gasteiger partial charge < -0.3 is 4.74 Å². The van der Waals surface area contributed by atoms with E-state index in [4.69, 9.17) is 16.3 Å². The van der Waals surface area contributed by atoms with E-state index in [0.29, 0.717) is 35.4 Å². The fourth-order valence-electron chi connectivity index (χ4n) is 1.98. The van der Waals surface area contributed by atoms with Gasteiger partial charge >= 0.3 is 5.97 Å². The molecule has 1 unspecified atom stereocenters. The van der Waals surface area contributed by atoms with Crippen LogP contribution in [0.1, 0.15) is 20.3 Å². The number of allylic oxidation sites excluding steroid dienone is 1. The Bertz CT molecular complexity index is 503. The normalized spacial score (nSPS) is 17.7. The Morgan fingerprint density at radius 2 is 2.36 bits per heavy atom. The summed E-state index contributed by atoms with van der Waals surface area (Å²) in [5.74, 6) is -0.329. The summed E-state index contributed by atoms with van der Waals surface area (Å²) in [5, 5.41) is 1.72. The largest absolute Gasteiger partial charge is 0.463 e. The van der Waals surface area contributed by atoms with Crippen LogP contribution in [0.5, 0.6) is 0 Å². The predicted octanol–water partition coefficient (Wildman–Crippen LogP) is 3.13. The Hall–Kier alpha value is -1.11. The van der Waals surface area contributed by atoms with Gasteiger partial charge in [0.15, 0.2) is 0 Å². The van der Waals surface area contributed by atoms with E-state index in [1.165, 1.54) is 0 Å². The highest BCUT2D eigenvalue weighted by molar-refractivity contribution is 9.11. The van der Waals surface area contributed by atoms with E-state index in [-0.39, 0.29) is 17.4 Å². The summed E-state index contributed by atoms with van der Waals surface area (Å²) >= 11 is 9.75. The molecule has 0 spiro atoms. The van der Waals surface area contributed by atoms with E-state index in [1.807, 2.05) is 18.0 Å². The van der Waals surface area contributed by atoms with Crippen LogP contribution in [0, 0.1) is 0 Å². The van der Waals surface area contributed by atoms with Crippen LogP contribution >= 0.6 is 27.5 Å². The number of hydrogen-bond acceptors (Lipinski definition) is 5. The molecule has 0 radical (unpaired) electrons. The molecule has 5 nitrogen and oxygen atoms in total. The maximum absolute atomic E-state index is 11.9. The molecule has 122 valence electrons. The van der Waals surface area contributed by atoms with Crippen molar-refractivity contribution in [3.8, 4) is 0 Å². The Morgan fingerprint density at radius 3 is 2.91 bits per heavy atom. The first-order valence-electron chi connectivity index (χ1n) is 6.97. The van der Waals surface area contributed by atoms with Gasteiger partial charge in [-0.3, -0.25) is 10.0 Å². The monoisotopic (exact) mass is 389 g/mol. The number of alkyl halides is 1. The van der Waals surface area contributed by atoms with Crippen molar-refractivity contribution in [2.75, 3.05) is 13.2 Å². The van der Waals surface area contributed by atoms with Crippen LogP contribution in [0.25, 0.3) is 0 Å². The molecule has 0 aromatic rings. The van der Waals surface area contributed by atoms with Crippen LogP contribution < -0.4 is 5.43 Å². The number of halogens is 2. The number of nitrogens with zero attached hydrogens (tertiary/aromatic N) is 2. The summed E-state index contributed by atoms with van der Waals surface area (Å²) in [6, 6.07) is -0.0446. The molecule has 7 heteroatoms. The second-order valence-electron chi connectivity index (χ2n) is 4.73. The quantitative estimate of drug-likeness (QED) is 0.227. The van der Waals surface area contributed by atoms with Crippen molar-refractivity contribution in [1.82, 2.24) is 10.4 Å². The molecule has 0 saturated heterocycles. The number of carbonyl (C=O) groups is 1. The minimum Gasteiger partial charge on any atom is -0.463 e. The number of hydrazine groups is 1. The Morgan fingerprint density at radius 1 is 1.68 bits per heavy atom.